The highest BCUT2D eigenvalue weighted by molar-refractivity contribution is 14.0. The van der Waals surface area contributed by atoms with Gasteiger partial charge in [-0.25, -0.2) is 4.79 Å². The van der Waals surface area contributed by atoms with Gasteiger partial charge in [0.15, 0.2) is 5.96 Å². The molecule has 8 nitrogen and oxygen atoms in total. The number of guanidine groups is 1. The number of nitrogens with zero attached hydrogens (tertiary/aromatic N) is 3. The van der Waals surface area contributed by atoms with E-state index in [1.54, 1.807) is 17.9 Å². The first-order chi connectivity index (χ1) is 11.6. The summed E-state index contributed by atoms with van der Waals surface area (Å²) in [6.45, 7) is 10.8. The summed E-state index contributed by atoms with van der Waals surface area (Å²) in [4.78, 5) is 16.2. The Hall–Kier alpha value is -1.52. The third-order valence-corrected chi connectivity index (χ3v) is 3.58. The van der Waals surface area contributed by atoms with Gasteiger partial charge in [0.1, 0.15) is 5.60 Å². The van der Waals surface area contributed by atoms with Crippen LogP contribution in [0.5, 0.6) is 0 Å². The van der Waals surface area contributed by atoms with E-state index < -0.39 is 11.7 Å². The summed E-state index contributed by atoms with van der Waals surface area (Å²) in [5.74, 6) is 0.910. The second kappa shape index (κ2) is 11.2. The lowest BCUT2D eigenvalue weighted by Gasteiger charge is -2.26. The van der Waals surface area contributed by atoms with Gasteiger partial charge < -0.3 is 20.7 Å². The highest BCUT2D eigenvalue weighted by Gasteiger charge is 2.21. The normalized spacial score (nSPS) is 13.0. The summed E-state index contributed by atoms with van der Waals surface area (Å²) in [5, 5.41) is 13.5. The van der Waals surface area contributed by atoms with Crippen LogP contribution in [0.1, 0.15) is 40.3 Å². The van der Waals surface area contributed by atoms with Crippen LogP contribution in [0, 0.1) is 5.92 Å². The van der Waals surface area contributed by atoms with Gasteiger partial charge in [0.2, 0.25) is 0 Å². The summed E-state index contributed by atoms with van der Waals surface area (Å²) in [7, 11) is 3.61. The van der Waals surface area contributed by atoms with Gasteiger partial charge in [0.05, 0.1) is 18.3 Å². The maximum absolute atomic E-state index is 12.0. The Balaban J connectivity index is 0.00000625. The lowest BCUT2D eigenvalue weighted by atomic mass is 10.0. The number of nitrogens with one attached hydrogen (secondary N) is 3. The number of alkyl carbamates (subject to hydrolysis) is 1. The van der Waals surface area contributed by atoms with Crippen molar-refractivity contribution in [1.82, 2.24) is 25.7 Å². The summed E-state index contributed by atoms with van der Waals surface area (Å²) in [6.07, 6.45) is 1.35. The first-order valence-corrected chi connectivity index (χ1v) is 8.53. The fourth-order valence-corrected chi connectivity index (χ4v) is 2.09. The van der Waals surface area contributed by atoms with E-state index in [9.17, 15) is 4.79 Å². The molecule has 1 aromatic heterocycles. The monoisotopic (exact) mass is 480 g/mol. The Morgan fingerprint density at radius 2 is 2.00 bits per heavy atom. The van der Waals surface area contributed by atoms with Gasteiger partial charge >= 0.3 is 6.09 Å². The molecule has 0 bridgehead atoms. The van der Waals surface area contributed by atoms with E-state index in [2.05, 4.69) is 39.9 Å². The van der Waals surface area contributed by atoms with Crippen molar-refractivity contribution in [3.05, 3.63) is 18.0 Å². The number of carbonyl (C=O) groups is 1. The minimum Gasteiger partial charge on any atom is -0.444 e. The van der Waals surface area contributed by atoms with Crippen molar-refractivity contribution in [2.45, 2.75) is 52.8 Å². The molecule has 0 aliphatic carbocycles. The van der Waals surface area contributed by atoms with Crippen LogP contribution in [0.4, 0.5) is 4.79 Å². The maximum atomic E-state index is 12.0. The van der Waals surface area contributed by atoms with Crippen LogP contribution in [0.2, 0.25) is 0 Å². The number of carbonyl (C=O) groups excluding carboxylic acids is 1. The van der Waals surface area contributed by atoms with Gasteiger partial charge in [-0.3, -0.25) is 9.67 Å². The van der Waals surface area contributed by atoms with Gasteiger partial charge in [0.25, 0.3) is 0 Å². The second-order valence-corrected chi connectivity index (χ2v) is 7.25. The Kier molecular flexibility index (Phi) is 10.6. The molecule has 1 heterocycles. The number of rotatable bonds is 6. The van der Waals surface area contributed by atoms with Crippen LogP contribution in [0.15, 0.2) is 17.3 Å². The average Bonchev–Trinajstić information content (AvgIpc) is 2.89. The van der Waals surface area contributed by atoms with E-state index >= 15 is 0 Å². The Morgan fingerprint density at radius 3 is 2.46 bits per heavy atom. The lowest BCUT2D eigenvalue weighted by Crippen LogP contribution is -2.50. The first-order valence-electron chi connectivity index (χ1n) is 8.53. The van der Waals surface area contributed by atoms with Gasteiger partial charge in [-0.15, -0.1) is 24.0 Å². The van der Waals surface area contributed by atoms with Crippen molar-refractivity contribution >= 4 is 36.0 Å². The zero-order chi connectivity index (χ0) is 19.0. The van der Waals surface area contributed by atoms with Crippen molar-refractivity contribution in [2.24, 2.45) is 18.0 Å². The van der Waals surface area contributed by atoms with E-state index in [1.165, 1.54) is 0 Å². The average molecular weight is 480 g/mol. The predicted octanol–water partition coefficient (Wildman–Crippen LogP) is 2.25. The summed E-state index contributed by atoms with van der Waals surface area (Å²) in [5.41, 5.74) is 0.537. The van der Waals surface area contributed by atoms with Crippen molar-refractivity contribution in [1.29, 1.82) is 0 Å². The van der Waals surface area contributed by atoms with Crippen molar-refractivity contribution in [3.8, 4) is 0 Å². The largest absolute Gasteiger partial charge is 0.444 e. The van der Waals surface area contributed by atoms with Crippen LogP contribution in [0.25, 0.3) is 0 Å². The van der Waals surface area contributed by atoms with Crippen molar-refractivity contribution in [3.63, 3.8) is 0 Å². The summed E-state index contributed by atoms with van der Waals surface area (Å²) >= 11 is 0. The maximum Gasteiger partial charge on any atom is 0.407 e. The number of aliphatic imine (C=N–C) groups is 1. The number of ether oxygens (including phenoxy) is 1. The quantitative estimate of drug-likeness (QED) is 0.330. The zero-order valence-electron chi connectivity index (χ0n) is 16.8. The molecule has 0 spiro atoms. The molecule has 26 heavy (non-hydrogen) atoms. The third-order valence-electron chi connectivity index (χ3n) is 3.58. The lowest BCUT2D eigenvalue weighted by molar-refractivity contribution is 0.0491. The third kappa shape index (κ3) is 9.25. The molecule has 3 N–H and O–H groups in total. The zero-order valence-corrected chi connectivity index (χ0v) is 19.1. The molecule has 1 aromatic rings. The molecule has 150 valence electrons. The van der Waals surface area contributed by atoms with Gasteiger partial charge in [0, 0.05) is 26.8 Å². The first kappa shape index (κ1) is 24.5. The number of aromatic nitrogens is 2. The highest BCUT2D eigenvalue weighted by atomic mass is 127. The smallest absolute Gasteiger partial charge is 0.407 e. The molecule has 1 amide bonds. The molecule has 0 aliphatic heterocycles. The molecule has 0 radical (unpaired) electrons. The number of amides is 1. The van der Waals surface area contributed by atoms with E-state index in [1.807, 2.05) is 33.9 Å². The fourth-order valence-electron chi connectivity index (χ4n) is 2.09. The van der Waals surface area contributed by atoms with E-state index in [0.29, 0.717) is 19.0 Å². The van der Waals surface area contributed by atoms with Crippen molar-refractivity contribution in [2.75, 3.05) is 13.6 Å². The molecule has 0 saturated heterocycles. The van der Waals surface area contributed by atoms with Crippen molar-refractivity contribution < 1.29 is 9.53 Å². The molecule has 0 saturated carbocycles. The molecule has 0 fully saturated rings. The minimum atomic E-state index is -0.514. The number of hydrogen-bond donors (Lipinski definition) is 3. The topological polar surface area (TPSA) is 92.6 Å². The Bertz CT molecular complexity index is 580. The van der Waals surface area contributed by atoms with E-state index in [4.69, 9.17) is 4.74 Å². The minimum absolute atomic E-state index is 0. The van der Waals surface area contributed by atoms with Gasteiger partial charge in [-0.2, -0.15) is 5.10 Å². The van der Waals surface area contributed by atoms with Crippen LogP contribution >= 0.6 is 24.0 Å². The van der Waals surface area contributed by atoms with E-state index in [0.717, 1.165) is 5.69 Å². The van der Waals surface area contributed by atoms with Crippen LogP contribution < -0.4 is 16.0 Å². The fraction of sp³-hybridized carbons (Fsp3) is 0.706. The van der Waals surface area contributed by atoms with Gasteiger partial charge in [-0.1, -0.05) is 13.8 Å². The van der Waals surface area contributed by atoms with Crippen LogP contribution in [0.3, 0.4) is 0 Å². The second-order valence-electron chi connectivity index (χ2n) is 7.25. The standard InChI is InChI=1S/C17H32N6O2.HI/c1-12(2)14(22-16(24)25-17(3,4)5)11-20-15(18-6)19-10-13-8-9-21-23(13)7;/h8-9,12,14H,10-11H2,1-7H3,(H,22,24)(H2,18,19,20);1H. The molecule has 1 atom stereocenters. The summed E-state index contributed by atoms with van der Waals surface area (Å²) < 4.78 is 7.13. The van der Waals surface area contributed by atoms with Crippen LogP contribution in [-0.2, 0) is 18.3 Å². The SMILES string of the molecule is CN=C(NCc1ccnn1C)NCC(NC(=O)OC(C)(C)C)C(C)C.I. The number of halogens is 1. The van der Waals surface area contributed by atoms with Crippen LogP contribution in [-0.4, -0.2) is 47.1 Å². The number of aryl methyl sites for hydroxylation is 1. The molecule has 9 heteroatoms. The molecular weight excluding hydrogens is 447 g/mol. The molecule has 0 aliphatic rings. The Morgan fingerprint density at radius 1 is 1.35 bits per heavy atom. The summed E-state index contributed by atoms with van der Waals surface area (Å²) in [6, 6.07) is 1.87. The molecular formula is C17H33IN6O2. The molecule has 1 unspecified atom stereocenters. The van der Waals surface area contributed by atoms with E-state index in [-0.39, 0.29) is 35.9 Å². The van der Waals surface area contributed by atoms with Gasteiger partial charge in [-0.05, 0) is 32.8 Å². The Labute approximate surface area is 173 Å². The number of hydrogen-bond acceptors (Lipinski definition) is 4. The predicted molar refractivity (Wildman–Crippen MR) is 115 cm³/mol. The highest BCUT2D eigenvalue weighted by Crippen LogP contribution is 2.08. The molecule has 0 aromatic carbocycles. The molecule has 1 rings (SSSR count).